The number of hydrogen-bond acceptors (Lipinski definition) is 3. The lowest BCUT2D eigenvalue weighted by atomic mass is 9.89. The lowest BCUT2D eigenvalue weighted by Gasteiger charge is -2.37. The summed E-state index contributed by atoms with van der Waals surface area (Å²) in [7, 11) is 1.65. The highest BCUT2D eigenvalue weighted by atomic mass is 16.5. The van der Waals surface area contributed by atoms with Gasteiger partial charge in [-0.3, -0.25) is 0 Å². The molecular weight excluding hydrogens is 178 g/mol. The summed E-state index contributed by atoms with van der Waals surface area (Å²) in [4.78, 5) is 0. The van der Waals surface area contributed by atoms with Crippen molar-refractivity contribution in [2.24, 2.45) is 0 Å². The number of ether oxygens (including phenoxy) is 1. The van der Waals surface area contributed by atoms with Crippen LogP contribution in [0.2, 0.25) is 0 Å². The van der Waals surface area contributed by atoms with Crippen LogP contribution >= 0.6 is 0 Å². The maximum absolute atomic E-state index is 9.90. The quantitative estimate of drug-likeness (QED) is 0.737. The van der Waals surface area contributed by atoms with Gasteiger partial charge in [0.15, 0.2) is 0 Å². The van der Waals surface area contributed by atoms with Gasteiger partial charge in [0.05, 0.1) is 12.7 Å². The Bertz CT molecular complexity index is 304. The number of aliphatic hydroxyl groups is 1. The van der Waals surface area contributed by atoms with E-state index in [0.717, 1.165) is 11.3 Å². The van der Waals surface area contributed by atoms with Gasteiger partial charge in [-0.1, -0.05) is 12.1 Å². The number of nitrogens with one attached hydrogen (secondary N) is 1. The van der Waals surface area contributed by atoms with Gasteiger partial charge >= 0.3 is 0 Å². The van der Waals surface area contributed by atoms with E-state index in [-0.39, 0.29) is 0 Å². The molecule has 1 aliphatic rings. The van der Waals surface area contributed by atoms with E-state index in [2.05, 4.69) is 5.32 Å². The van der Waals surface area contributed by atoms with Crippen molar-refractivity contribution in [1.82, 2.24) is 5.32 Å². The van der Waals surface area contributed by atoms with Crippen molar-refractivity contribution in [2.75, 3.05) is 20.2 Å². The van der Waals surface area contributed by atoms with E-state index in [1.807, 2.05) is 24.3 Å². The molecule has 0 saturated carbocycles. The second-order valence-electron chi connectivity index (χ2n) is 3.85. The van der Waals surface area contributed by atoms with Crippen molar-refractivity contribution in [3.63, 3.8) is 0 Å². The summed E-state index contributed by atoms with van der Waals surface area (Å²) in [5.74, 6) is 0.854. The third-order valence-corrected chi connectivity index (χ3v) is 2.60. The van der Waals surface area contributed by atoms with E-state index in [1.54, 1.807) is 7.11 Å². The van der Waals surface area contributed by atoms with Crippen molar-refractivity contribution in [3.8, 4) is 5.75 Å². The lowest BCUT2D eigenvalue weighted by Crippen LogP contribution is -2.60. The fourth-order valence-corrected chi connectivity index (χ4v) is 1.66. The van der Waals surface area contributed by atoms with Crippen molar-refractivity contribution in [2.45, 2.75) is 12.0 Å². The van der Waals surface area contributed by atoms with Gasteiger partial charge in [0, 0.05) is 19.5 Å². The van der Waals surface area contributed by atoms with Crippen molar-refractivity contribution in [3.05, 3.63) is 29.8 Å². The third kappa shape index (κ3) is 1.89. The van der Waals surface area contributed by atoms with Crippen LogP contribution < -0.4 is 10.1 Å². The number of methoxy groups -OCH3 is 1. The summed E-state index contributed by atoms with van der Waals surface area (Å²) >= 11 is 0. The average molecular weight is 193 g/mol. The van der Waals surface area contributed by atoms with E-state index < -0.39 is 5.60 Å². The van der Waals surface area contributed by atoms with E-state index in [1.165, 1.54) is 0 Å². The molecule has 3 nitrogen and oxygen atoms in total. The van der Waals surface area contributed by atoms with E-state index in [0.29, 0.717) is 19.5 Å². The molecule has 1 heterocycles. The standard InChI is InChI=1S/C11H15NO2/c1-14-10-4-2-9(3-5-10)6-11(13)7-12-8-11/h2-5,12-13H,6-8H2,1H3. The van der Waals surface area contributed by atoms with Crippen LogP contribution in [0.4, 0.5) is 0 Å². The molecule has 2 rings (SSSR count). The van der Waals surface area contributed by atoms with Gasteiger partial charge in [0.25, 0.3) is 0 Å². The molecule has 0 aliphatic carbocycles. The molecule has 0 bridgehead atoms. The van der Waals surface area contributed by atoms with Crippen LogP contribution in [-0.4, -0.2) is 30.9 Å². The first kappa shape index (κ1) is 9.49. The monoisotopic (exact) mass is 193 g/mol. The number of hydrogen-bond donors (Lipinski definition) is 2. The smallest absolute Gasteiger partial charge is 0.118 e. The fourth-order valence-electron chi connectivity index (χ4n) is 1.66. The van der Waals surface area contributed by atoms with Crippen molar-refractivity contribution in [1.29, 1.82) is 0 Å². The van der Waals surface area contributed by atoms with E-state index >= 15 is 0 Å². The van der Waals surface area contributed by atoms with Gasteiger partial charge in [-0.25, -0.2) is 0 Å². The zero-order valence-corrected chi connectivity index (χ0v) is 8.29. The first-order valence-corrected chi connectivity index (χ1v) is 4.78. The van der Waals surface area contributed by atoms with Crippen LogP contribution in [0.15, 0.2) is 24.3 Å². The molecule has 3 heteroatoms. The summed E-state index contributed by atoms with van der Waals surface area (Å²) < 4.78 is 5.06. The minimum absolute atomic E-state index is 0.533. The summed E-state index contributed by atoms with van der Waals surface area (Å²) in [5.41, 5.74) is 0.615. The first-order chi connectivity index (χ1) is 6.72. The number of rotatable bonds is 3. The van der Waals surface area contributed by atoms with Gasteiger partial charge in [-0.15, -0.1) is 0 Å². The molecule has 1 saturated heterocycles. The lowest BCUT2D eigenvalue weighted by molar-refractivity contribution is -0.00902. The second kappa shape index (κ2) is 3.59. The Hall–Kier alpha value is -1.06. The Labute approximate surface area is 83.7 Å². The molecule has 2 N–H and O–H groups in total. The maximum atomic E-state index is 9.90. The molecule has 1 aromatic rings. The van der Waals surface area contributed by atoms with Gasteiger partial charge in [0.1, 0.15) is 5.75 Å². The molecule has 1 aromatic carbocycles. The summed E-state index contributed by atoms with van der Waals surface area (Å²) in [6, 6.07) is 7.83. The predicted molar refractivity (Wildman–Crippen MR) is 54.5 cm³/mol. The maximum Gasteiger partial charge on any atom is 0.118 e. The van der Waals surface area contributed by atoms with Gasteiger partial charge < -0.3 is 15.2 Å². The van der Waals surface area contributed by atoms with Gasteiger partial charge in [0.2, 0.25) is 0 Å². The summed E-state index contributed by atoms with van der Waals surface area (Å²) in [5, 5.41) is 13.0. The molecule has 0 amide bonds. The zero-order chi connectivity index (χ0) is 10.0. The SMILES string of the molecule is COc1ccc(CC2(O)CNC2)cc1. The van der Waals surface area contributed by atoms with Crippen LogP contribution in [0.25, 0.3) is 0 Å². The molecule has 0 spiro atoms. The Morgan fingerprint density at radius 1 is 1.36 bits per heavy atom. The Kier molecular flexibility index (Phi) is 2.44. The van der Waals surface area contributed by atoms with Crippen molar-refractivity contribution < 1.29 is 9.84 Å². The summed E-state index contributed by atoms with van der Waals surface area (Å²) in [6.45, 7) is 1.39. The number of benzene rings is 1. The Morgan fingerprint density at radius 3 is 2.43 bits per heavy atom. The molecule has 76 valence electrons. The molecule has 0 radical (unpaired) electrons. The predicted octanol–water partition coefficient (Wildman–Crippen LogP) is 0.572. The second-order valence-corrected chi connectivity index (χ2v) is 3.85. The van der Waals surface area contributed by atoms with E-state index in [9.17, 15) is 5.11 Å². The van der Waals surface area contributed by atoms with Gasteiger partial charge in [-0.05, 0) is 17.7 Å². The zero-order valence-electron chi connectivity index (χ0n) is 8.29. The average Bonchev–Trinajstić information content (AvgIpc) is 2.17. The minimum Gasteiger partial charge on any atom is -0.497 e. The molecule has 1 fully saturated rings. The number of β-amino-alcohol motifs (C(OH)–C–C–N with tert-alkyl or cyclic N) is 1. The summed E-state index contributed by atoms with van der Waals surface area (Å²) in [6.07, 6.45) is 0.712. The molecule has 0 atom stereocenters. The fraction of sp³-hybridized carbons (Fsp3) is 0.455. The van der Waals surface area contributed by atoms with Crippen LogP contribution in [0.3, 0.4) is 0 Å². The van der Waals surface area contributed by atoms with Crippen LogP contribution in [0.5, 0.6) is 5.75 Å². The van der Waals surface area contributed by atoms with E-state index in [4.69, 9.17) is 4.74 Å². The highest BCUT2D eigenvalue weighted by Gasteiger charge is 2.33. The highest BCUT2D eigenvalue weighted by Crippen LogP contribution is 2.19. The van der Waals surface area contributed by atoms with Crippen LogP contribution in [0, 0.1) is 0 Å². The first-order valence-electron chi connectivity index (χ1n) is 4.78. The molecule has 1 aliphatic heterocycles. The van der Waals surface area contributed by atoms with Gasteiger partial charge in [-0.2, -0.15) is 0 Å². The third-order valence-electron chi connectivity index (χ3n) is 2.60. The topological polar surface area (TPSA) is 41.5 Å². The Morgan fingerprint density at radius 2 is 2.00 bits per heavy atom. The molecule has 0 unspecified atom stereocenters. The molecule has 14 heavy (non-hydrogen) atoms. The molecular formula is C11H15NO2. The van der Waals surface area contributed by atoms with Crippen molar-refractivity contribution >= 4 is 0 Å². The normalized spacial score (nSPS) is 18.7. The highest BCUT2D eigenvalue weighted by molar-refractivity contribution is 5.28. The minimum atomic E-state index is -0.533. The largest absolute Gasteiger partial charge is 0.497 e. The molecule has 0 aromatic heterocycles. The Balaban J connectivity index is 2.02. The van der Waals surface area contributed by atoms with Crippen LogP contribution in [-0.2, 0) is 6.42 Å². The van der Waals surface area contributed by atoms with Crippen LogP contribution in [0.1, 0.15) is 5.56 Å².